The standard InChI is InChI=1S/C15H13ClF3N3O3/c16-10-3-1-2-9(15(17,18)19)13(10)20-11(23)6-22-12(24)7-21(14(22)25)8-4-5-8/h1-3,8H,4-7H2,(H,20,23). The predicted octanol–water partition coefficient (Wildman–Crippen LogP) is 2.72. The summed E-state index contributed by atoms with van der Waals surface area (Å²) >= 11 is 5.76. The molecule has 1 saturated heterocycles. The highest BCUT2D eigenvalue weighted by atomic mass is 35.5. The van der Waals surface area contributed by atoms with Crippen molar-refractivity contribution in [3.63, 3.8) is 0 Å². The van der Waals surface area contributed by atoms with Crippen LogP contribution in [-0.4, -0.2) is 46.8 Å². The summed E-state index contributed by atoms with van der Waals surface area (Å²) in [4.78, 5) is 38.2. The van der Waals surface area contributed by atoms with E-state index in [4.69, 9.17) is 11.6 Å². The highest BCUT2D eigenvalue weighted by Gasteiger charge is 2.44. The molecule has 3 rings (SSSR count). The van der Waals surface area contributed by atoms with E-state index in [2.05, 4.69) is 5.32 Å². The van der Waals surface area contributed by atoms with Gasteiger partial charge in [-0.1, -0.05) is 17.7 Å². The minimum atomic E-state index is -4.71. The molecule has 1 aromatic carbocycles. The fourth-order valence-corrected chi connectivity index (χ4v) is 2.82. The number of hydrogen-bond donors (Lipinski definition) is 1. The minimum Gasteiger partial charge on any atom is -0.323 e. The van der Waals surface area contributed by atoms with Crippen molar-refractivity contribution in [3.8, 4) is 0 Å². The fraction of sp³-hybridized carbons (Fsp3) is 0.400. The lowest BCUT2D eigenvalue weighted by Crippen LogP contribution is -2.39. The number of carbonyl (C=O) groups is 3. The second-order valence-electron chi connectivity index (χ2n) is 5.83. The third-order valence-electron chi connectivity index (χ3n) is 3.96. The van der Waals surface area contributed by atoms with Crippen LogP contribution < -0.4 is 5.32 Å². The van der Waals surface area contributed by atoms with Gasteiger partial charge in [0.15, 0.2) is 0 Å². The number of nitrogens with one attached hydrogen (secondary N) is 1. The van der Waals surface area contributed by atoms with Gasteiger partial charge < -0.3 is 10.2 Å². The van der Waals surface area contributed by atoms with Gasteiger partial charge in [0.2, 0.25) is 5.91 Å². The molecule has 4 amide bonds. The number of anilines is 1. The third-order valence-corrected chi connectivity index (χ3v) is 4.27. The summed E-state index contributed by atoms with van der Waals surface area (Å²) in [7, 11) is 0. The van der Waals surface area contributed by atoms with Crippen LogP contribution in [0.5, 0.6) is 0 Å². The van der Waals surface area contributed by atoms with Crippen molar-refractivity contribution in [3.05, 3.63) is 28.8 Å². The maximum atomic E-state index is 13.0. The largest absolute Gasteiger partial charge is 0.418 e. The molecule has 0 atom stereocenters. The van der Waals surface area contributed by atoms with Crippen molar-refractivity contribution in [1.82, 2.24) is 9.80 Å². The Bertz CT molecular complexity index is 749. The third kappa shape index (κ3) is 3.55. The van der Waals surface area contributed by atoms with E-state index in [0.717, 1.165) is 29.9 Å². The van der Waals surface area contributed by atoms with Gasteiger partial charge >= 0.3 is 12.2 Å². The SMILES string of the molecule is O=C(CN1C(=O)CN(C2CC2)C1=O)Nc1c(Cl)cccc1C(F)(F)F. The summed E-state index contributed by atoms with van der Waals surface area (Å²) in [5.41, 5.74) is -1.70. The number of alkyl halides is 3. The van der Waals surface area contributed by atoms with Crippen LogP contribution >= 0.6 is 11.6 Å². The zero-order valence-corrected chi connectivity index (χ0v) is 13.5. The van der Waals surface area contributed by atoms with Crippen molar-refractivity contribution >= 4 is 35.1 Å². The molecular formula is C15H13ClF3N3O3. The van der Waals surface area contributed by atoms with Gasteiger partial charge in [-0.25, -0.2) is 4.79 Å². The van der Waals surface area contributed by atoms with Crippen LogP contribution in [0.1, 0.15) is 18.4 Å². The first-order valence-corrected chi connectivity index (χ1v) is 7.83. The summed E-state index contributed by atoms with van der Waals surface area (Å²) in [6.45, 7) is -0.778. The quantitative estimate of drug-likeness (QED) is 0.823. The average Bonchev–Trinajstić information content (AvgIpc) is 3.31. The molecule has 0 spiro atoms. The number of rotatable bonds is 4. The van der Waals surface area contributed by atoms with E-state index >= 15 is 0 Å². The Morgan fingerprint density at radius 3 is 2.56 bits per heavy atom. The Kier molecular flexibility index (Phi) is 4.36. The molecule has 2 fully saturated rings. The number of imide groups is 1. The van der Waals surface area contributed by atoms with Crippen LogP contribution in [0.25, 0.3) is 0 Å². The smallest absolute Gasteiger partial charge is 0.323 e. The number of nitrogens with zero attached hydrogens (tertiary/aromatic N) is 2. The molecule has 1 heterocycles. The average molecular weight is 376 g/mol. The van der Waals surface area contributed by atoms with E-state index in [-0.39, 0.29) is 17.6 Å². The summed E-state index contributed by atoms with van der Waals surface area (Å²) in [5.74, 6) is -1.49. The first-order chi connectivity index (χ1) is 11.7. The summed E-state index contributed by atoms with van der Waals surface area (Å²) in [5, 5.41) is 1.77. The van der Waals surface area contributed by atoms with Gasteiger partial charge in [-0.3, -0.25) is 14.5 Å². The van der Waals surface area contributed by atoms with Gasteiger partial charge in [0, 0.05) is 6.04 Å². The molecule has 0 bridgehead atoms. The lowest BCUT2D eigenvalue weighted by molar-refractivity contribution is -0.137. The first kappa shape index (κ1) is 17.5. The molecule has 0 radical (unpaired) electrons. The Balaban J connectivity index is 1.73. The maximum absolute atomic E-state index is 13.0. The molecule has 134 valence electrons. The number of halogens is 4. The number of carbonyl (C=O) groups excluding carboxylic acids is 3. The molecule has 1 N–H and O–H groups in total. The van der Waals surface area contributed by atoms with E-state index in [1.165, 1.54) is 11.0 Å². The molecular weight excluding hydrogens is 363 g/mol. The Morgan fingerprint density at radius 1 is 1.28 bits per heavy atom. The van der Waals surface area contributed by atoms with Crippen molar-refractivity contribution in [2.75, 3.05) is 18.4 Å². The lowest BCUT2D eigenvalue weighted by atomic mass is 10.1. The van der Waals surface area contributed by atoms with E-state index in [9.17, 15) is 27.6 Å². The van der Waals surface area contributed by atoms with Crippen molar-refractivity contribution in [1.29, 1.82) is 0 Å². The van der Waals surface area contributed by atoms with Gasteiger partial charge in [0.25, 0.3) is 5.91 Å². The highest BCUT2D eigenvalue weighted by Crippen LogP contribution is 2.38. The Labute approximate surface area is 145 Å². The second kappa shape index (κ2) is 6.21. The fourth-order valence-electron chi connectivity index (χ4n) is 2.60. The van der Waals surface area contributed by atoms with E-state index in [1.807, 2.05) is 0 Å². The lowest BCUT2D eigenvalue weighted by Gasteiger charge is -2.18. The Morgan fingerprint density at radius 2 is 1.96 bits per heavy atom. The van der Waals surface area contributed by atoms with E-state index < -0.39 is 41.8 Å². The number of para-hydroxylation sites is 1. The Hall–Kier alpha value is -2.29. The number of urea groups is 1. The monoisotopic (exact) mass is 375 g/mol. The van der Waals surface area contributed by atoms with Crippen LogP contribution in [0.4, 0.5) is 23.7 Å². The van der Waals surface area contributed by atoms with Gasteiger partial charge in [0.05, 0.1) is 16.3 Å². The van der Waals surface area contributed by atoms with E-state index in [1.54, 1.807) is 0 Å². The molecule has 1 saturated carbocycles. The highest BCUT2D eigenvalue weighted by molar-refractivity contribution is 6.34. The number of hydrogen-bond acceptors (Lipinski definition) is 3. The second-order valence-corrected chi connectivity index (χ2v) is 6.24. The normalized spacial score (nSPS) is 18.1. The topological polar surface area (TPSA) is 69.7 Å². The zero-order valence-electron chi connectivity index (χ0n) is 12.8. The van der Waals surface area contributed by atoms with Crippen LogP contribution in [0, 0.1) is 0 Å². The summed E-state index contributed by atoms with van der Waals surface area (Å²) in [6.07, 6.45) is -3.11. The predicted molar refractivity (Wildman–Crippen MR) is 81.9 cm³/mol. The molecule has 0 unspecified atom stereocenters. The van der Waals surface area contributed by atoms with Crippen LogP contribution in [0.2, 0.25) is 5.02 Å². The van der Waals surface area contributed by atoms with Crippen molar-refractivity contribution in [2.45, 2.75) is 25.1 Å². The number of benzene rings is 1. The molecule has 0 aromatic heterocycles. The van der Waals surface area contributed by atoms with Crippen LogP contribution in [-0.2, 0) is 15.8 Å². The van der Waals surface area contributed by atoms with Gasteiger partial charge in [-0.15, -0.1) is 0 Å². The zero-order chi connectivity index (χ0) is 18.4. The van der Waals surface area contributed by atoms with Crippen molar-refractivity contribution < 1.29 is 27.6 Å². The molecule has 6 nitrogen and oxygen atoms in total. The van der Waals surface area contributed by atoms with Crippen LogP contribution in [0.3, 0.4) is 0 Å². The van der Waals surface area contributed by atoms with Gasteiger partial charge in [-0.05, 0) is 25.0 Å². The number of amides is 4. The first-order valence-electron chi connectivity index (χ1n) is 7.45. The maximum Gasteiger partial charge on any atom is 0.418 e. The van der Waals surface area contributed by atoms with Gasteiger partial charge in [-0.2, -0.15) is 13.2 Å². The molecule has 10 heteroatoms. The van der Waals surface area contributed by atoms with E-state index in [0.29, 0.717) is 0 Å². The molecule has 2 aliphatic rings. The molecule has 1 aliphatic carbocycles. The van der Waals surface area contributed by atoms with Crippen LogP contribution in [0.15, 0.2) is 18.2 Å². The molecule has 1 aromatic rings. The van der Waals surface area contributed by atoms with Gasteiger partial charge in [0.1, 0.15) is 13.1 Å². The minimum absolute atomic E-state index is 0.00455. The molecule has 1 aliphatic heterocycles. The summed E-state index contributed by atoms with van der Waals surface area (Å²) < 4.78 is 39.1. The van der Waals surface area contributed by atoms with Crippen molar-refractivity contribution in [2.24, 2.45) is 0 Å². The summed E-state index contributed by atoms with van der Waals surface area (Å²) in [6, 6.07) is 2.50. The molecule has 25 heavy (non-hydrogen) atoms.